The second-order valence-corrected chi connectivity index (χ2v) is 7.64. The number of unbranched alkanes of at least 4 members (excludes halogenated alkanes) is 1. The number of hydrogen-bond acceptors (Lipinski definition) is 4. The second kappa shape index (κ2) is 7.21. The minimum Gasteiger partial charge on any atom is -0.315 e. The van der Waals surface area contributed by atoms with Crippen LogP contribution in [0.4, 0.5) is 0 Å². The van der Waals surface area contributed by atoms with Crippen LogP contribution >= 0.6 is 11.3 Å². The molecule has 0 amide bonds. The Morgan fingerprint density at radius 2 is 2.05 bits per heavy atom. The summed E-state index contributed by atoms with van der Waals surface area (Å²) >= 11 is 0.737. The second-order valence-electron chi connectivity index (χ2n) is 4.70. The van der Waals surface area contributed by atoms with Crippen LogP contribution in [0.5, 0.6) is 0 Å². The molecule has 0 saturated heterocycles. The largest absolute Gasteiger partial charge is 0.315 e. The molecule has 1 rings (SSSR count). The molecule has 0 aromatic carbocycles. The summed E-state index contributed by atoms with van der Waals surface area (Å²) in [5.41, 5.74) is 0.407. The number of sulfonamides is 1. The number of aromatic nitrogens is 1. The monoisotopic (exact) mass is 306 g/mol. The van der Waals surface area contributed by atoms with Crippen LogP contribution < -0.4 is 9.60 Å². The van der Waals surface area contributed by atoms with Crippen molar-refractivity contribution in [3.8, 4) is 0 Å². The van der Waals surface area contributed by atoms with Crippen LogP contribution in [0.25, 0.3) is 0 Å². The fourth-order valence-corrected chi connectivity index (χ4v) is 4.34. The molecule has 1 heterocycles. The molecule has 1 unspecified atom stereocenters. The summed E-state index contributed by atoms with van der Waals surface area (Å²) in [5.74, 6) is 0.352. The van der Waals surface area contributed by atoms with Crippen LogP contribution in [0.2, 0.25) is 0 Å². The first-order valence-electron chi connectivity index (χ1n) is 6.60. The molecule has 0 aliphatic heterocycles. The van der Waals surface area contributed by atoms with E-state index >= 15 is 0 Å². The number of hydrogen-bond donors (Lipinski definition) is 2. The highest BCUT2D eigenvalue weighted by Gasteiger charge is 2.21. The third-order valence-corrected chi connectivity index (χ3v) is 6.16. The molecule has 0 aliphatic rings. The van der Waals surface area contributed by atoms with Gasteiger partial charge in [-0.05, 0) is 19.3 Å². The molecule has 7 heteroatoms. The lowest BCUT2D eigenvalue weighted by Crippen LogP contribution is -2.29. The average Bonchev–Trinajstić information content (AvgIpc) is 2.69. The van der Waals surface area contributed by atoms with E-state index in [0.29, 0.717) is 18.2 Å². The van der Waals surface area contributed by atoms with Crippen LogP contribution in [0.15, 0.2) is 9.00 Å². The molecule has 0 saturated carbocycles. The van der Waals surface area contributed by atoms with Gasteiger partial charge in [-0.15, -0.1) is 0 Å². The zero-order chi connectivity index (χ0) is 14.5. The van der Waals surface area contributed by atoms with Gasteiger partial charge in [0.15, 0.2) is 4.21 Å². The SMILES string of the molecule is CCCCC(CC)CNS(=O)(=O)c1sc(=O)[nH]c1C. The number of aryl methyl sites for hydroxylation is 1. The van der Waals surface area contributed by atoms with E-state index in [2.05, 4.69) is 23.6 Å². The molecule has 0 bridgehead atoms. The highest BCUT2D eigenvalue weighted by atomic mass is 32.2. The minimum atomic E-state index is -3.56. The molecule has 2 N–H and O–H groups in total. The van der Waals surface area contributed by atoms with Crippen LogP contribution in [0.3, 0.4) is 0 Å². The lowest BCUT2D eigenvalue weighted by atomic mass is 10.00. The lowest BCUT2D eigenvalue weighted by molar-refractivity contribution is 0.444. The zero-order valence-electron chi connectivity index (χ0n) is 11.7. The van der Waals surface area contributed by atoms with Crippen molar-refractivity contribution in [1.82, 2.24) is 9.71 Å². The maximum absolute atomic E-state index is 12.1. The van der Waals surface area contributed by atoms with Gasteiger partial charge < -0.3 is 4.98 Å². The van der Waals surface area contributed by atoms with Crippen LogP contribution in [-0.2, 0) is 10.0 Å². The standard InChI is InChI=1S/C12H22N2O3S2/c1-4-6-7-10(5-2)8-13-19(16,17)11-9(3)14-12(15)18-11/h10,13H,4-8H2,1-3H3,(H,14,15). The van der Waals surface area contributed by atoms with E-state index < -0.39 is 10.0 Å². The number of thiazole rings is 1. The highest BCUT2D eigenvalue weighted by molar-refractivity contribution is 7.91. The van der Waals surface area contributed by atoms with Crippen molar-refractivity contribution in [3.63, 3.8) is 0 Å². The van der Waals surface area contributed by atoms with Crippen LogP contribution in [-0.4, -0.2) is 19.9 Å². The van der Waals surface area contributed by atoms with E-state index in [1.165, 1.54) is 0 Å². The molecule has 1 aromatic heterocycles. The van der Waals surface area contributed by atoms with E-state index in [4.69, 9.17) is 0 Å². The first-order valence-corrected chi connectivity index (χ1v) is 8.90. The molecule has 0 radical (unpaired) electrons. The Morgan fingerprint density at radius 3 is 2.53 bits per heavy atom. The lowest BCUT2D eigenvalue weighted by Gasteiger charge is -2.15. The van der Waals surface area contributed by atoms with Gasteiger partial charge in [0, 0.05) is 12.2 Å². The Bertz CT molecular complexity index is 546. The molecule has 0 spiro atoms. The molecule has 19 heavy (non-hydrogen) atoms. The van der Waals surface area contributed by atoms with Gasteiger partial charge in [0.2, 0.25) is 0 Å². The number of H-pyrrole nitrogens is 1. The van der Waals surface area contributed by atoms with Gasteiger partial charge in [-0.3, -0.25) is 4.79 Å². The van der Waals surface area contributed by atoms with Gasteiger partial charge in [-0.25, -0.2) is 13.1 Å². The first-order chi connectivity index (χ1) is 8.90. The maximum atomic E-state index is 12.1. The van der Waals surface area contributed by atoms with Gasteiger partial charge in [0.05, 0.1) is 0 Å². The van der Waals surface area contributed by atoms with Gasteiger partial charge in [-0.2, -0.15) is 0 Å². The topological polar surface area (TPSA) is 79.0 Å². The maximum Gasteiger partial charge on any atom is 0.305 e. The van der Waals surface area contributed by atoms with Crippen molar-refractivity contribution < 1.29 is 8.42 Å². The summed E-state index contributed by atoms with van der Waals surface area (Å²) < 4.78 is 26.9. The van der Waals surface area contributed by atoms with Crippen molar-refractivity contribution in [2.24, 2.45) is 5.92 Å². The first kappa shape index (κ1) is 16.4. The Kier molecular flexibility index (Phi) is 6.22. The van der Waals surface area contributed by atoms with Crippen molar-refractivity contribution >= 4 is 21.4 Å². The van der Waals surface area contributed by atoms with Gasteiger partial charge in [0.25, 0.3) is 10.0 Å². The Morgan fingerprint density at radius 1 is 1.37 bits per heavy atom. The normalized spacial score (nSPS) is 13.6. The predicted octanol–water partition coefficient (Wildman–Crippen LogP) is 2.24. The Labute approximate surface area is 118 Å². The Hall–Kier alpha value is -0.660. The number of rotatable bonds is 8. The zero-order valence-corrected chi connectivity index (χ0v) is 13.3. The summed E-state index contributed by atoms with van der Waals surface area (Å²) in [6, 6.07) is 0. The molecule has 5 nitrogen and oxygen atoms in total. The Balaban J connectivity index is 2.70. The quantitative estimate of drug-likeness (QED) is 0.773. The minimum absolute atomic E-state index is 0.0999. The number of aromatic amines is 1. The predicted molar refractivity (Wildman–Crippen MR) is 78.2 cm³/mol. The van der Waals surface area contributed by atoms with Crippen molar-refractivity contribution in [1.29, 1.82) is 0 Å². The van der Waals surface area contributed by atoms with Crippen molar-refractivity contribution in [2.45, 2.75) is 50.7 Å². The molecule has 0 aliphatic carbocycles. The molecular formula is C12H22N2O3S2. The van der Waals surface area contributed by atoms with Gasteiger partial charge >= 0.3 is 4.87 Å². The molecule has 0 fully saturated rings. The van der Waals surface area contributed by atoms with Crippen molar-refractivity contribution in [3.05, 3.63) is 15.4 Å². The number of nitrogens with one attached hydrogen (secondary N) is 2. The summed E-state index contributed by atoms with van der Waals surface area (Å²) in [5, 5.41) is 0. The summed E-state index contributed by atoms with van der Waals surface area (Å²) in [6.07, 6.45) is 4.20. The highest BCUT2D eigenvalue weighted by Crippen LogP contribution is 2.17. The summed E-state index contributed by atoms with van der Waals surface area (Å²) in [4.78, 5) is 13.3. The molecular weight excluding hydrogens is 284 g/mol. The van der Waals surface area contributed by atoms with Crippen molar-refractivity contribution in [2.75, 3.05) is 6.54 Å². The van der Waals surface area contributed by atoms with E-state index in [1.807, 2.05) is 0 Å². The smallest absolute Gasteiger partial charge is 0.305 e. The van der Waals surface area contributed by atoms with E-state index in [-0.39, 0.29) is 9.08 Å². The average molecular weight is 306 g/mol. The third kappa shape index (κ3) is 4.74. The van der Waals surface area contributed by atoms with E-state index in [1.54, 1.807) is 6.92 Å². The van der Waals surface area contributed by atoms with E-state index in [0.717, 1.165) is 37.0 Å². The summed E-state index contributed by atoms with van der Waals surface area (Å²) in [6.45, 7) is 6.22. The van der Waals surface area contributed by atoms with E-state index in [9.17, 15) is 13.2 Å². The molecule has 1 atom stereocenters. The van der Waals surface area contributed by atoms with Crippen LogP contribution in [0, 0.1) is 12.8 Å². The fraction of sp³-hybridized carbons (Fsp3) is 0.750. The van der Waals surface area contributed by atoms with Gasteiger partial charge in [-0.1, -0.05) is 44.4 Å². The third-order valence-electron chi connectivity index (χ3n) is 3.13. The molecule has 1 aromatic rings. The fourth-order valence-electron chi connectivity index (χ4n) is 1.88. The van der Waals surface area contributed by atoms with Gasteiger partial charge in [0.1, 0.15) is 0 Å². The van der Waals surface area contributed by atoms with Crippen LogP contribution in [0.1, 0.15) is 45.2 Å². The summed E-state index contributed by atoms with van der Waals surface area (Å²) in [7, 11) is -3.56. The molecule has 110 valence electrons.